The lowest BCUT2D eigenvalue weighted by molar-refractivity contribution is -0.132. The molecule has 0 aliphatic rings. The third kappa shape index (κ3) is 5.26. The van der Waals surface area contributed by atoms with E-state index in [2.05, 4.69) is 11.9 Å². The van der Waals surface area contributed by atoms with Crippen LogP contribution in [0.5, 0.6) is 0 Å². The molecule has 0 atom stereocenters. The molecule has 1 aromatic carbocycles. The van der Waals surface area contributed by atoms with Crippen molar-refractivity contribution in [3.05, 3.63) is 82.8 Å². The number of unbranched alkanes of at least 4 members (excludes halogenated alkanes) is 1. The van der Waals surface area contributed by atoms with E-state index >= 15 is 0 Å². The fraction of sp³-hybridized carbons (Fsp3) is 0.261. The summed E-state index contributed by atoms with van der Waals surface area (Å²) in [5.41, 5.74) is 2.03. The average molecular weight is 408 g/mol. The fourth-order valence-corrected chi connectivity index (χ4v) is 3.16. The maximum atomic E-state index is 11.8. The van der Waals surface area contributed by atoms with Crippen LogP contribution in [0, 0.1) is 0 Å². The van der Waals surface area contributed by atoms with E-state index in [-0.39, 0.29) is 17.6 Å². The SMILES string of the molecule is CCCCc1ncc(/C=C(\Cc2ccco2)C(=O)O)n1Cc1ccc(C(=O)O)cc1. The molecule has 0 amide bonds. The minimum Gasteiger partial charge on any atom is -0.478 e. The van der Waals surface area contributed by atoms with E-state index in [0.29, 0.717) is 18.0 Å². The highest BCUT2D eigenvalue weighted by Gasteiger charge is 2.15. The summed E-state index contributed by atoms with van der Waals surface area (Å²) in [6, 6.07) is 10.1. The summed E-state index contributed by atoms with van der Waals surface area (Å²) in [5, 5.41) is 18.7. The largest absolute Gasteiger partial charge is 0.478 e. The highest BCUT2D eigenvalue weighted by Crippen LogP contribution is 2.18. The predicted octanol–water partition coefficient (Wildman–Crippen LogP) is 4.28. The van der Waals surface area contributed by atoms with Crippen molar-refractivity contribution >= 4 is 18.0 Å². The van der Waals surface area contributed by atoms with Gasteiger partial charge in [-0.05, 0) is 42.3 Å². The monoisotopic (exact) mass is 408 g/mol. The fourth-order valence-electron chi connectivity index (χ4n) is 3.16. The summed E-state index contributed by atoms with van der Waals surface area (Å²) >= 11 is 0. The Bertz CT molecular complexity index is 1030. The number of nitrogens with zero attached hydrogens (tertiary/aromatic N) is 2. The van der Waals surface area contributed by atoms with Crippen molar-refractivity contribution in [1.29, 1.82) is 0 Å². The molecule has 0 bridgehead atoms. The molecular weight excluding hydrogens is 384 g/mol. The smallest absolute Gasteiger partial charge is 0.335 e. The first kappa shape index (κ1) is 21.1. The number of aliphatic carboxylic acids is 1. The first-order chi connectivity index (χ1) is 14.5. The summed E-state index contributed by atoms with van der Waals surface area (Å²) in [6.45, 7) is 2.57. The van der Waals surface area contributed by atoms with Gasteiger partial charge in [0.05, 0.1) is 23.7 Å². The van der Waals surface area contributed by atoms with Gasteiger partial charge in [0.1, 0.15) is 11.6 Å². The van der Waals surface area contributed by atoms with Gasteiger partial charge < -0.3 is 19.2 Å². The number of furan rings is 1. The number of aromatic nitrogens is 2. The molecule has 3 rings (SSSR count). The average Bonchev–Trinajstić information content (AvgIpc) is 3.37. The van der Waals surface area contributed by atoms with Crippen molar-refractivity contribution in [2.24, 2.45) is 0 Å². The van der Waals surface area contributed by atoms with E-state index in [0.717, 1.165) is 30.7 Å². The molecule has 0 saturated heterocycles. The number of hydrogen-bond donors (Lipinski definition) is 2. The number of aryl methyl sites for hydroxylation is 1. The summed E-state index contributed by atoms with van der Waals surface area (Å²) in [7, 11) is 0. The second-order valence-corrected chi connectivity index (χ2v) is 7.02. The first-order valence-electron chi connectivity index (χ1n) is 9.80. The van der Waals surface area contributed by atoms with E-state index in [1.54, 1.807) is 48.7 Å². The standard InChI is InChI=1S/C23H24N2O5/c1-2-3-6-21-24-14-19(12-18(23(28)29)13-20-5-4-11-30-20)25(21)15-16-7-9-17(10-8-16)22(26)27/h4-5,7-12,14H,2-3,6,13,15H2,1H3,(H,26,27)(H,28,29)/b18-12+. The van der Waals surface area contributed by atoms with Crippen molar-refractivity contribution in [1.82, 2.24) is 9.55 Å². The van der Waals surface area contributed by atoms with Gasteiger partial charge in [0.2, 0.25) is 0 Å². The number of benzene rings is 1. The third-order valence-corrected chi connectivity index (χ3v) is 4.81. The van der Waals surface area contributed by atoms with Crippen molar-refractivity contribution in [2.45, 2.75) is 39.2 Å². The lowest BCUT2D eigenvalue weighted by atomic mass is 10.1. The van der Waals surface area contributed by atoms with Crippen molar-refractivity contribution < 1.29 is 24.2 Å². The topological polar surface area (TPSA) is 106 Å². The van der Waals surface area contributed by atoms with Crippen molar-refractivity contribution in [3.8, 4) is 0 Å². The second-order valence-electron chi connectivity index (χ2n) is 7.02. The first-order valence-corrected chi connectivity index (χ1v) is 9.80. The van der Waals surface area contributed by atoms with Crippen LogP contribution in [0.2, 0.25) is 0 Å². The van der Waals surface area contributed by atoms with Crippen LogP contribution in [0.15, 0.2) is 58.8 Å². The van der Waals surface area contributed by atoms with Crippen LogP contribution in [0.25, 0.3) is 6.08 Å². The Labute approximate surface area is 174 Å². The maximum Gasteiger partial charge on any atom is 0.335 e. The Balaban J connectivity index is 1.94. The highest BCUT2D eigenvalue weighted by atomic mass is 16.4. The molecule has 0 radical (unpaired) electrons. The summed E-state index contributed by atoms with van der Waals surface area (Å²) < 4.78 is 7.27. The van der Waals surface area contributed by atoms with Crippen LogP contribution < -0.4 is 0 Å². The van der Waals surface area contributed by atoms with Gasteiger partial charge in [0.15, 0.2) is 0 Å². The Morgan fingerprint density at radius 1 is 1.17 bits per heavy atom. The van der Waals surface area contributed by atoms with Gasteiger partial charge in [-0.25, -0.2) is 14.6 Å². The zero-order valence-electron chi connectivity index (χ0n) is 16.7. The summed E-state index contributed by atoms with van der Waals surface area (Å²) in [5.74, 6) is -0.543. The molecule has 0 fully saturated rings. The molecule has 2 heterocycles. The molecule has 2 aromatic heterocycles. The molecule has 7 nitrogen and oxygen atoms in total. The molecule has 2 N–H and O–H groups in total. The number of aromatic carboxylic acids is 1. The zero-order chi connectivity index (χ0) is 21.5. The van der Waals surface area contributed by atoms with E-state index in [1.807, 2.05) is 4.57 Å². The molecule has 0 spiro atoms. The molecule has 7 heteroatoms. The van der Waals surface area contributed by atoms with Crippen molar-refractivity contribution in [2.75, 3.05) is 0 Å². The van der Waals surface area contributed by atoms with E-state index < -0.39 is 11.9 Å². The predicted molar refractivity (Wildman–Crippen MR) is 111 cm³/mol. The Morgan fingerprint density at radius 3 is 2.53 bits per heavy atom. The van der Waals surface area contributed by atoms with Crippen LogP contribution >= 0.6 is 0 Å². The molecule has 0 aliphatic heterocycles. The normalized spacial score (nSPS) is 11.6. The van der Waals surface area contributed by atoms with Crippen LogP contribution in [0.3, 0.4) is 0 Å². The lowest BCUT2D eigenvalue weighted by Crippen LogP contribution is -2.09. The summed E-state index contributed by atoms with van der Waals surface area (Å²) in [6.07, 6.45) is 7.76. The van der Waals surface area contributed by atoms with Crippen LogP contribution in [-0.2, 0) is 24.2 Å². The molecule has 30 heavy (non-hydrogen) atoms. The van der Waals surface area contributed by atoms with Crippen LogP contribution in [-0.4, -0.2) is 31.7 Å². The zero-order valence-corrected chi connectivity index (χ0v) is 16.7. The third-order valence-electron chi connectivity index (χ3n) is 4.81. The molecule has 3 aromatic rings. The lowest BCUT2D eigenvalue weighted by Gasteiger charge is -2.12. The minimum absolute atomic E-state index is 0.172. The van der Waals surface area contributed by atoms with Gasteiger partial charge in [-0.1, -0.05) is 25.5 Å². The van der Waals surface area contributed by atoms with Gasteiger partial charge >= 0.3 is 11.9 Å². The van der Waals surface area contributed by atoms with E-state index in [9.17, 15) is 14.7 Å². The maximum absolute atomic E-state index is 11.8. The molecule has 0 aliphatic carbocycles. The number of carboxylic acids is 2. The Kier molecular flexibility index (Phi) is 6.85. The quantitative estimate of drug-likeness (QED) is 0.485. The molecular formula is C23H24N2O5. The number of imidazole rings is 1. The molecule has 156 valence electrons. The number of carboxylic acid groups (broad SMARTS) is 2. The highest BCUT2D eigenvalue weighted by molar-refractivity contribution is 5.92. The second kappa shape index (κ2) is 9.73. The van der Waals surface area contributed by atoms with Gasteiger partial charge in [-0.15, -0.1) is 0 Å². The number of carbonyl (C=O) groups is 2. The van der Waals surface area contributed by atoms with Gasteiger partial charge in [-0.3, -0.25) is 0 Å². The van der Waals surface area contributed by atoms with E-state index in [1.165, 1.54) is 6.26 Å². The van der Waals surface area contributed by atoms with Crippen molar-refractivity contribution in [3.63, 3.8) is 0 Å². The number of rotatable bonds is 10. The minimum atomic E-state index is -1.01. The molecule has 0 saturated carbocycles. The van der Waals surface area contributed by atoms with Gasteiger partial charge in [0, 0.05) is 25.0 Å². The van der Waals surface area contributed by atoms with Crippen LogP contribution in [0.4, 0.5) is 0 Å². The van der Waals surface area contributed by atoms with Gasteiger partial charge in [-0.2, -0.15) is 0 Å². The Morgan fingerprint density at radius 2 is 1.93 bits per heavy atom. The van der Waals surface area contributed by atoms with Crippen LogP contribution in [0.1, 0.15) is 53.0 Å². The summed E-state index contributed by atoms with van der Waals surface area (Å²) in [4.78, 5) is 27.4. The van der Waals surface area contributed by atoms with Gasteiger partial charge in [0.25, 0.3) is 0 Å². The van der Waals surface area contributed by atoms with E-state index in [4.69, 9.17) is 9.52 Å². The Hall–Kier alpha value is -3.61. The number of hydrogen-bond acceptors (Lipinski definition) is 4. The molecule has 0 unspecified atom stereocenters.